The molecule has 0 aliphatic carbocycles. The Labute approximate surface area is 119 Å². The first-order valence-corrected chi connectivity index (χ1v) is 8.05. The SMILES string of the molecule is CCCC(C)NC(=O)C1CCCN(CCC(C)C)C1. The molecule has 1 aliphatic rings. The molecule has 1 aliphatic heterocycles. The number of rotatable bonds is 7. The first kappa shape index (κ1) is 16.5. The van der Waals surface area contributed by atoms with Crippen LogP contribution in [0.2, 0.25) is 0 Å². The molecule has 0 radical (unpaired) electrons. The summed E-state index contributed by atoms with van der Waals surface area (Å²) in [6.45, 7) is 12.1. The molecule has 0 aromatic heterocycles. The van der Waals surface area contributed by atoms with Gasteiger partial charge in [0.05, 0.1) is 5.92 Å². The fourth-order valence-electron chi connectivity index (χ4n) is 2.78. The van der Waals surface area contributed by atoms with E-state index in [0.29, 0.717) is 6.04 Å². The Hall–Kier alpha value is -0.570. The molecule has 1 heterocycles. The van der Waals surface area contributed by atoms with Gasteiger partial charge in [-0.1, -0.05) is 27.2 Å². The van der Waals surface area contributed by atoms with E-state index in [0.717, 1.165) is 38.3 Å². The van der Waals surface area contributed by atoms with Crippen molar-refractivity contribution in [3.8, 4) is 0 Å². The fourth-order valence-corrected chi connectivity index (χ4v) is 2.78. The molecule has 0 spiro atoms. The van der Waals surface area contributed by atoms with E-state index >= 15 is 0 Å². The molecule has 0 bridgehead atoms. The van der Waals surface area contributed by atoms with Gasteiger partial charge in [0, 0.05) is 12.6 Å². The minimum Gasteiger partial charge on any atom is -0.353 e. The number of carbonyl (C=O) groups is 1. The zero-order valence-corrected chi connectivity index (χ0v) is 13.2. The lowest BCUT2D eigenvalue weighted by atomic mass is 9.96. The number of hydrogen-bond acceptors (Lipinski definition) is 2. The van der Waals surface area contributed by atoms with Gasteiger partial charge in [-0.2, -0.15) is 0 Å². The van der Waals surface area contributed by atoms with E-state index in [2.05, 4.69) is 37.9 Å². The normalized spacial score (nSPS) is 22.5. The first-order chi connectivity index (χ1) is 9.02. The van der Waals surface area contributed by atoms with Crippen LogP contribution in [0, 0.1) is 11.8 Å². The van der Waals surface area contributed by atoms with Crippen molar-refractivity contribution >= 4 is 5.91 Å². The van der Waals surface area contributed by atoms with Gasteiger partial charge in [0.15, 0.2) is 0 Å². The lowest BCUT2D eigenvalue weighted by molar-refractivity contribution is -0.127. The summed E-state index contributed by atoms with van der Waals surface area (Å²) in [4.78, 5) is 14.7. The summed E-state index contributed by atoms with van der Waals surface area (Å²) in [5.74, 6) is 1.23. The number of carbonyl (C=O) groups excluding carboxylic acids is 1. The van der Waals surface area contributed by atoms with Crippen LogP contribution in [0.1, 0.15) is 59.8 Å². The van der Waals surface area contributed by atoms with Crippen LogP contribution in [0.5, 0.6) is 0 Å². The zero-order valence-electron chi connectivity index (χ0n) is 13.2. The molecule has 19 heavy (non-hydrogen) atoms. The molecule has 2 atom stereocenters. The molecule has 1 amide bonds. The van der Waals surface area contributed by atoms with Crippen molar-refractivity contribution in [3.63, 3.8) is 0 Å². The number of hydrogen-bond donors (Lipinski definition) is 1. The zero-order chi connectivity index (χ0) is 14.3. The van der Waals surface area contributed by atoms with Crippen molar-refractivity contribution in [3.05, 3.63) is 0 Å². The Morgan fingerprint density at radius 3 is 2.68 bits per heavy atom. The van der Waals surface area contributed by atoms with Gasteiger partial charge in [0.2, 0.25) is 5.91 Å². The second-order valence-electron chi connectivity index (χ2n) is 6.52. The minimum absolute atomic E-state index is 0.209. The van der Waals surface area contributed by atoms with Crippen LogP contribution in [0.25, 0.3) is 0 Å². The van der Waals surface area contributed by atoms with Gasteiger partial charge >= 0.3 is 0 Å². The topological polar surface area (TPSA) is 32.3 Å². The van der Waals surface area contributed by atoms with E-state index in [1.807, 2.05) is 0 Å². The Morgan fingerprint density at radius 2 is 2.05 bits per heavy atom. The number of piperidine rings is 1. The summed E-state index contributed by atoms with van der Waals surface area (Å²) >= 11 is 0. The summed E-state index contributed by atoms with van der Waals surface area (Å²) in [6.07, 6.45) is 5.67. The third kappa shape index (κ3) is 6.42. The van der Waals surface area contributed by atoms with E-state index in [1.54, 1.807) is 0 Å². The van der Waals surface area contributed by atoms with Gasteiger partial charge in [0.1, 0.15) is 0 Å². The highest BCUT2D eigenvalue weighted by atomic mass is 16.2. The predicted octanol–water partition coefficient (Wildman–Crippen LogP) is 3.05. The molecule has 0 aromatic rings. The Balaban J connectivity index is 2.34. The summed E-state index contributed by atoms with van der Waals surface area (Å²) in [5, 5.41) is 3.17. The third-order valence-corrected chi connectivity index (χ3v) is 4.01. The van der Waals surface area contributed by atoms with Crippen LogP contribution in [-0.4, -0.2) is 36.5 Å². The smallest absolute Gasteiger partial charge is 0.224 e. The van der Waals surface area contributed by atoms with E-state index in [4.69, 9.17) is 0 Å². The van der Waals surface area contributed by atoms with E-state index in [9.17, 15) is 4.79 Å². The Kier molecular flexibility index (Phi) is 7.44. The van der Waals surface area contributed by atoms with Gasteiger partial charge in [-0.25, -0.2) is 0 Å². The molecular weight excluding hydrogens is 236 g/mol. The average Bonchev–Trinajstić information content (AvgIpc) is 2.37. The van der Waals surface area contributed by atoms with Crippen molar-refractivity contribution < 1.29 is 4.79 Å². The minimum atomic E-state index is 0.209. The van der Waals surface area contributed by atoms with Crippen molar-refractivity contribution in [2.45, 2.75) is 65.8 Å². The average molecular weight is 268 g/mol. The Morgan fingerprint density at radius 1 is 1.32 bits per heavy atom. The monoisotopic (exact) mass is 268 g/mol. The van der Waals surface area contributed by atoms with Gasteiger partial charge in [-0.05, 0) is 51.6 Å². The lowest BCUT2D eigenvalue weighted by Crippen LogP contribution is -2.45. The molecule has 3 nitrogen and oxygen atoms in total. The van der Waals surface area contributed by atoms with E-state index in [-0.39, 0.29) is 11.8 Å². The van der Waals surface area contributed by atoms with Crippen LogP contribution in [0.3, 0.4) is 0 Å². The number of nitrogens with one attached hydrogen (secondary N) is 1. The molecule has 1 N–H and O–H groups in total. The highest BCUT2D eigenvalue weighted by molar-refractivity contribution is 5.79. The number of likely N-dealkylation sites (tertiary alicyclic amines) is 1. The van der Waals surface area contributed by atoms with Crippen molar-refractivity contribution in [1.29, 1.82) is 0 Å². The quantitative estimate of drug-likeness (QED) is 0.769. The molecule has 1 rings (SSSR count). The van der Waals surface area contributed by atoms with E-state index < -0.39 is 0 Å². The molecule has 0 saturated carbocycles. The third-order valence-electron chi connectivity index (χ3n) is 4.01. The van der Waals surface area contributed by atoms with Crippen LogP contribution < -0.4 is 5.32 Å². The van der Waals surface area contributed by atoms with Crippen LogP contribution in [0.15, 0.2) is 0 Å². The van der Waals surface area contributed by atoms with Crippen LogP contribution >= 0.6 is 0 Å². The standard InChI is InChI=1S/C16H32N2O/c1-5-7-14(4)17-16(19)15-8-6-10-18(12-15)11-9-13(2)3/h13-15H,5-12H2,1-4H3,(H,17,19). The second kappa shape index (κ2) is 8.57. The van der Waals surface area contributed by atoms with Gasteiger partial charge < -0.3 is 10.2 Å². The maximum Gasteiger partial charge on any atom is 0.224 e. The van der Waals surface area contributed by atoms with Crippen molar-refractivity contribution in [2.75, 3.05) is 19.6 Å². The van der Waals surface area contributed by atoms with E-state index in [1.165, 1.54) is 19.4 Å². The summed E-state index contributed by atoms with van der Waals surface area (Å²) in [5.41, 5.74) is 0. The van der Waals surface area contributed by atoms with Crippen molar-refractivity contribution in [2.24, 2.45) is 11.8 Å². The highest BCUT2D eigenvalue weighted by Crippen LogP contribution is 2.18. The van der Waals surface area contributed by atoms with Gasteiger partial charge in [-0.3, -0.25) is 4.79 Å². The molecule has 0 aromatic carbocycles. The summed E-state index contributed by atoms with van der Waals surface area (Å²) in [6, 6.07) is 0.323. The summed E-state index contributed by atoms with van der Waals surface area (Å²) < 4.78 is 0. The second-order valence-corrected chi connectivity index (χ2v) is 6.52. The highest BCUT2D eigenvalue weighted by Gasteiger charge is 2.26. The molecular formula is C16H32N2O. The van der Waals surface area contributed by atoms with Crippen LogP contribution in [0.4, 0.5) is 0 Å². The van der Waals surface area contributed by atoms with Crippen LogP contribution in [-0.2, 0) is 4.79 Å². The van der Waals surface area contributed by atoms with Gasteiger partial charge in [-0.15, -0.1) is 0 Å². The molecule has 1 fully saturated rings. The predicted molar refractivity (Wildman–Crippen MR) is 81.1 cm³/mol. The maximum atomic E-state index is 12.2. The molecule has 3 heteroatoms. The maximum absolute atomic E-state index is 12.2. The van der Waals surface area contributed by atoms with Crippen molar-refractivity contribution in [1.82, 2.24) is 10.2 Å². The fraction of sp³-hybridized carbons (Fsp3) is 0.938. The Bertz CT molecular complexity index is 265. The van der Waals surface area contributed by atoms with Gasteiger partial charge in [0.25, 0.3) is 0 Å². The number of nitrogens with zero attached hydrogens (tertiary/aromatic N) is 1. The first-order valence-electron chi connectivity index (χ1n) is 8.05. The molecule has 2 unspecified atom stereocenters. The summed E-state index contributed by atoms with van der Waals surface area (Å²) in [7, 11) is 0. The lowest BCUT2D eigenvalue weighted by Gasteiger charge is -2.33. The molecule has 1 saturated heterocycles. The molecule has 112 valence electrons. The number of amides is 1. The largest absolute Gasteiger partial charge is 0.353 e.